The van der Waals surface area contributed by atoms with Crippen LogP contribution in [0.2, 0.25) is 0 Å². The van der Waals surface area contributed by atoms with E-state index in [1.54, 1.807) is 12.3 Å². The molecular weight excluding hydrogens is 274 g/mol. The van der Waals surface area contributed by atoms with E-state index in [4.69, 9.17) is 20.3 Å². The van der Waals surface area contributed by atoms with Gasteiger partial charge in [-0.3, -0.25) is 0 Å². The first-order valence-electron chi connectivity index (χ1n) is 4.36. The van der Waals surface area contributed by atoms with E-state index in [0.29, 0.717) is 23.7 Å². The summed E-state index contributed by atoms with van der Waals surface area (Å²) in [6, 6.07) is 0. The van der Waals surface area contributed by atoms with Gasteiger partial charge in [-0.15, -0.1) is 11.3 Å². The number of hydrogen-bond donors (Lipinski definition) is 0. The number of rotatable bonds is 2. The minimum absolute atomic E-state index is 0.0448. The Labute approximate surface area is 101 Å². The van der Waals surface area contributed by atoms with E-state index in [-0.39, 0.29) is 10.8 Å². The van der Waals surface area contributed by atoms with Gasteiger partial charge < -0.3 is 9.57 Å². The summed E-state index contributed by atoms with van der Waals surface area (Å²) >= 11 is 1.21. The van der Waals surface area contributed by atoms with Crippen molar-refractivity contribution in [1.82, 2.24) is 0 Å². The second-order valence-corrected chi connectivity index (χ2v) is 6.48. The fourth-order valence-electron chi connectivity index (χ4n) is 1.30. The summed E-state index contributed by atoms with van der Waals surface area (Å²) in [6.45, 7) is 2.37. The Hall–Kier alpha value is -0.790. The van der Waals surface area contributed by atoms with Gasteiger partial charge in [0.05, 0.1) is 0 Å². The molecule has 2 rings (SSSR count). The Morgan fingerprint density at radius 2 is 2.25 bits per heavy atom. The van der Waals surface area contributed by atoms with Crippen LogP contribution in [-0.4, -0.2) is 27.5 Å². The van der Waals surface area contributed by atoms with Crippen LogP contribution in [0.3, 0.4) is 0 Å². The average Bonchev–Trinajstić information content (AvgIpc) is 2.61. The molecule has 1 aliphatic heterocycles. The third-order valence-electron chi connectivity index (χ3n) is 1.92. The molecule has 2 heterocycles. The monoisotopic (exact) mass is 281 g/mol. The van der Waals surface area contributed by atoms with Crippen molar-refractivity contribution in [3.05, 3.63) is 15.8 Å². The van der Waals surface area contributed by atoms with E-state index < -0.39 is 9.05 Å². The largest absolute Gasteiger partial charge is 0.471 e. The minimum atomic E-state index is -3.80. The zero-order valence-corrected chi connectivity index (χ0v) is 10.7. The molecule has 8 heteroatoms. The van der Waals surface area contributed by atoms with E-state index in [1.165, 1.54) is 11.3 Å². The Morgan fingerprint density at radius 1 is 1.50 bits per heavy atom. The molecule has 1 aromatic heterocycles. The number of halogens is 1. The Kier molecular flexibility index (Phi) is 3.09. The molecule has 0 spiro atoms. The van der Waals surface area contributed by atoms with Crippen molar-refractivity contribution in [3.63, 3.8) is 0 Å². The van der Waals surface area contributed by atoms with Crippen molar-refractivity contribution >= 4 is 37.0 Å². The molecule has 1 aromatic rings. The maximum Gasteiger partial charge on any atom is 0.269 e. The Bertz CT molecular complexity index is 534. The summed E-state index contributed by atoms with van der Waals surface area (Å²) in [5.41, 5.74) is 0.576. The molecule has 0 aromatic carbocycles. The van der Waals surface area contributed by atoms with Gasteiger partial charge >= 0.3 is 0 Å². The van der Waals surface area contributed by atoms with Gasteiger partial charge in [-0.25, -0.2) is 8.42 Å². The van der Waals surface area contributed by atoms with Gasteiger partial charge in [-0.1, -0.05) is 0 Å². The molecule has 0 N–H and O–H groups in total. The average molecular weight is 282 g/mol. The lowest BCUT2D eigenvalue weighted by Gasteiger charge is -2.12. The highest BCUT2D eigenvalue weighted by atomic mass is 35.7. The summed E-state index contributed by atoms with van der Waals surface area (Å²) in [6.07, 6.45) is 0. The number of oxime groups is 1. The summed E-state index contributed by atoms with van der Waals surface area (Å²) < 4.78 is 28.0. The number of thiophene rings is 1. The number of nitrogens with zero attached hydrogens (tertiary/aromatic N) is 1. The second kappa shape index (κ2) is 4.23. The Morgan fingerprint density at radius 3 is 2.81 bits per heavy atom. The molecule has 0 bridgehead atoms. The number of aryl methyl sites for hydroxylation is 1. The maximum absolute atomic E-state index is 11.4. The lowest BCUT2D eigenvalue weighted by atomic mass is 10.3. The topological polar surface area (TPSA) is 65.0 Å². The molecule has 0 aliphatic carbocycles. The lowest BCUT2D eigenvalue weighted by molar-refractivity contribution is 0.0656. The van der Waals surface area contributed by atoms with E-state index in [2.05, 4.69) is 5.16 Å². The third kappa shape index (κ3) is 2.16. The smallest absolute Gasteiger partial charge is 0.269 e. The molecule has 0 radical (unpaired) electrons. The van der Waals surface area contributed by atoms with Crippen LogP contribution in [0.5, 0.6) is 0 Å². The van der Waals surface area contributed by atoms with Gasteiger partial charge in [0.15, 0.2) is 6.61 Å². The van der Waals surface area contributed by atoms with Crippen LogP contribution in [0.1, 0.15) is 10.4 Å². The van der Waals surface area contributed by atoms with Crippen molar-refractivity contribution in [2.45, 2.75) is 11.8 Å². The zero-order chi connectivity index (χ0) is 11.8. The van der Waals surface area contributed by atoms with Gasteiger partial charge in [0.2, 0.25) is 0 Å². The first-order chi connectivity index (χ1) is 7.50. The van der Waals surface area contributed by atoms with Gasteiger partial charge in [0.1, 0.15) is 16.4 Å². The second-order valence-electron chi connectivity index (χ2n) is 3.09. The third-order valence-corrected chi connectivity index (χ3v) is 4.61. The van der Waals surface area contributed by atoms with Gasteiger partial charge in [0, 0.05) is 10.7 Å². The van der Waals surface area contributed by atoms with Gasteiger partial charge in [0.25, 0.3) is 14.9 Å². The number of hydrogen-bond acceptors (Lipinski definition) is 6. The molecule has 5 nitrogen and oxygen atoms in total. The van der Waals surface area contributed by atoms with Crippen molar-refractivity contribution in [3.8, 4) is 0 Å². The van der Waals surface area contributed by atoms with Crippen LogP contribution >= 0.6 is 22.0 Å². The van der Waals surface area contributed by atoms with E-state index >= 15 is 0 Å². The van der Waals surface area contributed by atoms with Crippen LogP contribution in [0.25, 0.3) is 0 Å². The number of ether oxygens (including phenoxy) is 1. The summed E-state index contributed by atoms with van der Waals surface area (Å²) in [4.78, 5) is 5.27. The predicted molar refractivity (Wildman–Crippen MR) is 60.5 cm³/mol. The zero-order valence-electron chi connectivity index (χ0n) is 8.27. The lowest BCUT2D eigenvalue weighted by Crippen LogP contribution is -2.17. The van der Waals surface area contributed by atoms with Crippen LogP contribution in [-0.2, 0) is 18.6 Å². The molecule has 88 valence electrons. The van der Waals surface area contributed by atoms with Crippen LogP contribution < -0.4 is 0 Å². The van der Waals surface area contributed by atoms with Crippen LogP contribution in [0, 0.1) is 6.92 Å². The molecule has 16 heavy (non-hydrogen) atoms. The summed E-state index contributed by atoms with van der Waals surface area (Å²) in [5.74, 6) is 0.170. The first kappa shape index (κ1) is 11.7. The normalized spacial score (nSPS) is 16.2. The fraction of sp³-hybridized carbons (Fsp3) is 0.375. The molecule has 0 unspecified atom stereocenters. The van der Waals surface area contributed by atoms with Crippen LogP contribution in [0.15, 0.2) is 15.4 Å². The highest BCUT2D eigenvalue weighted by Crippen LogP contribution is 2.30. The van der Waals surface area contributed by atoms with E-state index in [9.17, 15) is 8.42 Å². The van der Waals surface area contributed by atoms with Crippen molar-refractivity contribution < 1.29 is 18.0 Å². The molecular formula is C8H8ClNO4S2. The van der Waals surface area contributed by atoms with Crippen molar-refractivity contribution in [1.29, 1.82) is 0 Å². The van der Waals surface area contributed by atoms with Gasteiger partial charge in [-0.05, 0) is 23.0 Å². The maximum atomic E-state index is 11.4. The molecule has 0 saturated heterocycles. The summed E-state index contributed by atoms with van der Waals surface area (Å²) in [7, 11) is 1.55. The molecule has 0 atom stereocenters. The Balaban J connectivity index is 2.54. The van der Waals surface area contributed by atoms with Crippen LogP contribution in [0.4, 0.5) is 0 Å². The minimum Gasteiger partial charge on any atom is -0.471 e. The quantitative estimate of drug-likeness (QED) is 0.774. The molecule has 0 fully saturated rings. The van der Waals surface area contributed by atoms with Crippen molar-refractivity contribution in [2.24, 2.45) is 5.16 Å². The SMILES string of the molecule is Cc1csc(C2=NOCCO2)c1S(=O)(=O)Cl. The van der Waals surface area contributed by atoms with E-state index in [1.807, 2.05) is 0 Å². The fourth-order valence-corrected chi connectivity index (χ4v) is 4.21. The molecule has 1 aliphatic rings. The summed E-state index contributed by atoms with van der Waals surface area (Å²) in [5, 5.41) is 5.35. The standard InChI is InChI=1S/C8H8ClNO4S2/c1-5-4-15-6(7(5)16(9,11)12)8-10-14-3-2-13-8/h4H,2-3H2,1H3. The van der Waals surface area contributed by atoms with Gasteiger partial charge in [-0.2, -0.15) is 0 Å². The first-order valence-corrected chi connectivity index (χ1v) is 7.55. The highest BCUT2D eigenvalue weighted by Gasteiger charge is 2.26. The molecule has 0 amide bonds. The van der Waals surface area contributed by atoms with E-state index in [0.717, 1.165) is 0 Å². The highest BCUT2D eigenvalue weighted by molar-refractivity contribution is 8.14. The predicted octanol–water partition coefficient (Wildman–Crippen LogP) is 1.69. The molecule has 0 saturated carbocycles. The van der Waals surface area contributed by atoms with Crippen molar-refractivity contribution in [2.75, 3.05) is 13.2 Å².